The molecule has 0 spiro atoms. The van der Waals surface area contributed by atoms with Crippen LogP contribution in [0.2, 0.25) is 0 Å². The minimum absolute atomic E-state index is 0.205. The molecule has 3 aromatic rings. The maximum atomic E-state index is 12.1. The van der Waals surface area contributed by atoms with Gasteiger partial charge in [0.25, 0.3) is 0 Å². The van der Waals surface area contributed by atoms with Crippen molar-refractivity contribution in [2.75, 3.05) is 7.11 Å². The molecule has 23 heavy (non-hydrogen) atoms. The number of carbonyl (C=O) groups is 1. The normalized spacial score (nSPS) is 10.3. The van der Waals surface area contributed by atoms with Crippen molar-refractivity contribution in [3.05, 3.63) is 78.1 Å². The molecule has 0 bridgehead atoms. The summed E-state index contributed by atoms with van der Waals surface area (Å²) in [5, 5.41) is 4.17. The zero-order chi connectivity index (χ0) is 16.1. The van der Waals surface area contributed by atoms with Crippen molar-refractivity contribution in [3.63, 3.8) is 0 Å². The van der Waals surface area contributed by atoms with Gasteiger partial charge in [-0.25, -0.2) is 9.48 Å². The number of rotatable bonds is 5. The molecule has 0 radical (unpaired) electrons. The van der Waals surface area contributed by atoms with Crippen molar-refractivity contribution in [2.45, 2.75) is 6.61 Å². The Hall–Kier alpha value is -3.08. The highest BCUT2D eigenvalue weighted by Gasteiger charge is 2.12. The molecule has 2 aromatic carbocycles. The molecule has 0 amide bonds. The number of nitrogens with zero attached hydrogens (tertiary/aromatic N) is 2. The molecule has 0 aliphatic rings. The summed E-state index contributed by atoms with van der Waals surface area (Å²) in [5.74, 6) is 0.102. The van der Waals surface area contributed by atoms with Crippen LogP contribution >= 0.6 is 0 Å². The van der Waals surface area contributed by atoms with Crippen LogP contribution < -0.4 is 4.74 Å². The minimum atomic E-state index is -0.404. The Morgan fingerprint density at radius 3 is 2.57 bits per heavy atom. The smallest absolute Gasteiger partial charge is 0.342 e. The molecule has 0 aliphatic heterocycles. The highest BCUT2D eigenvalue weighted by molar-refractivity contribution is 5.92. The number of hydrogen-bond donors (Lipinski definition) is 0. The SMILES string of the molecule is COc1ccccc1C(=O)OCc1ccc(-n2cccn2)cc1. The first kappa shape index (κ1) is 14.8. The minimum Gasteiger partial charge on any atom is -0.496 e. The van der Waals surface area contributed by atoms with Crippen LogP contribution in [0.4, 0.5) is 0 Å². The summed E-state index contributed by atoms with van der Waals surface area (Å²) >= 11 is 0. The van der Waals surface area contributed by atoms with Crippen LogP contribution in [0.3, 0.4) is 0 Å². The number of hydrogen-bond acceptors (Lipinski definition) is 4. The van der Waals surface area contributed by atoms with Crippen LogP contribution in [0.25, 0.3) is 5.69 Å². The molecule has 1 heterocycles. The van der Waals surface area contributed by atoms with Gasteiger partial charge in [0.15, 0.2) is 0 Å². The fourth-order valence-corrected chi connectivity index (χ4v) is 2.21. The molecular weight excluding hydrogens is 292 g/mol. The molecule has 0 atom stereocenters. The lowest BCUT2D eigenvalue weighted by atomic mass is 10.2. The monoisotopic (exact) mass is 308 g/mol. The van der Waals surface area contributed by atoms with Gasteiger partial charge in [0.2, 0.25) is 0 Å². The van der Waals surface area contributed by atoms with E-state index in [1.807, 2.05) is 42.6 Å². The van der Waals surface area contributed by atoms with Gasteiger partial charge in [-0.3, -0.25) is 0 Å². The summed E-state index contributed by atoms with van der Waals surface area (Å²) in [5.41, 5.74) is 2.28. The van der Waals surface area contributed by atoms with E-state index in [1.54, 1.807) is 29.1 Å². The van der Waals surface area contributed by atoms with E-state index in [-0.39, 0.29) is 6.61 Å². The van der Waals surface area contributed by atoms with Crippen molar-refractivity contribution in [1.29, 1.82) is 0 Å². The molecule has 1 aromatic heterocycles. The summed E-state index contributed by atoms with van der Waals surface area (Å²) < 4.78 is 12.3. The molecule has 5 nitrogen and oxygen atoms in total. The molecule has 0 aliphatic carbocycles. The molecule has 5 heteroatoms. The van der Waals surface area contributed by atoms with Crippen LogP contribution in [0.1, 0.15) is 15.9 Å². The van der Waals surface area contributed by atoms with Gasteiger partial charge in [-0.05, 0) is 35.9 Å². The zero-order valence-electron chi connectivity index (χ0n) is 12.7. The number of ether oxygens (including phenoxy) is 2. The third-order valence-electron chi connectivity index (χ3n) is 3.40. The average molecular weight is 308 g/mol. The van der Waals surface area contributed by atoms with E-state index in [2.05, 4.69) is 5.10 Å². The molecule has 0 N–H and O–H groups in total. The van der Waals surface area contributed by atoms with E-state index < -0.39 is 5.97 Å². The van der Waals surface area contributed by atoms with E-state index in [0.29, 0.717) is 11.3 Å². The number of benzene rings is 2. The molecule has 0 saturated carbocycles. The van der Waals surface area contributed by atoms with Crippen LogP contribution in [-0.4, -0.2) is 22.9 Å². The van der Waals surface area contributed by atoms with Crippen LogP contribution in [0.5, 0.6) is 5.75 Å². The summed E-state index contributed by atoms with van der Waals surface area (Å²) in [6.07, 6.45) is 3.60. The summed E-state index contributed by atoms with van der Waals surface area (Å²) in [6, 6.07) is 16.5. The Morgan fingerprint density at radius 2 is 1.87 bits per heavy atom. The van der Waals surface area contributed by atoms with Gasteiger partial charge in [-0.1, -0.05) is 24.3 Å². The van der Waals surface area contributed by atoms with Gasteiger partial charge in [-0.2, -0.15) is 5.10 Å². The first-order valence-electron chi connectivity index (χ1n) is 7.17. The van der Waals surface area contributed by atoms with Crippen LogP contribution in [0, 0.1) is 0 Å². The van der Waals surface area contributed by atoms with Gasteiger partial charge in [0, 0.05) is 12.4 Å². The topological polar surface area (TPSA) is 53.4 Å². The van der Waals surface area contributed by atoms with Gasteiger partial charge in [0.05, 0.1) is 12.8 Å². The maximum Gasteiger partial charge on any atom is 0.342 e. The lowest BCUT2D eigenvalue weighted by Crippen LogP contribution is -2.07. The summed E-state index contributed by atoms with van der Waals surface area (Å²) in [6.45, 7) is 0.205. The maximum absolute atomic E-state index is 12.1. The molecule has 0 unspecified atom stereocenters. The van der Waals surface area contributed by atoms with Gasteiger partial charge in [-0.15, -0.1) is 0 Å². The highest BCUT2D eigenvalue weighted by Crippen LogP contribution is 2.19. The molecule has 0 saturated heterocycles. The Kier molecular flexibility index (Phi) is 4.38. The van der Waals surface area contributed by atoms with E-state index >= 15 is 0 Å². The van der Waals surface area contributed by atoms with Crippen molar-refractivity contribution in [2.24, 2.45) is 0 Å². The Morgan fingerprint density at radius 1 is 1.09 bits per heavy atom. The van der Waals surface area contributed by atoms with Gasteiger partial charge in [0.1, 0.15) is 17.9 Å². The largest absolute Gasteiger partial charge is 0.496 e. The number of para-hydroxylation sites is 1. The molecule has 0 fully saturated rings. The molecule has 3 rings (SSSR count). The van der Waals surface area contributed by atoms with E-state index in [0.717, 1.165) is 11.3 Å². The predicted molar refractivity (Wildman–Crippen MR) is 85.7 cm³/mol. The third-order valence-corrected chi connectivity index (χ3v) is 3.40. The first-order chi connectivity index (χ1) is 11.3. The standard InChI is InChI=1S/C18H16N2O3/c1-22-17-6-3-2-5-16(17)18(21)23-13-14-7-9-15(10-8-14)20-12-4-11-19-20/h2-12H,13H2,1H3. The summed E-state index contributed by atoms with van der Waals surface area (Å²) in [7, 11) is 1.53. The van der Waals surface area contributed by atoms with Crippen LogP contribution in [-0.2, 0) is 11.3 Å². The highest BCUT2D eigenvalue weighted by atomic mass is 16.5. The third kappa shape index (κ3) is 3.40. The van der Waals surface area contributed by atoms with Crippen molar-refractivity contribution >= 4 is 5.97 Å². The summed E-state index contributed by atoms with van der Waals surface area (Å²) in [4.78, 5) is 12.1. The number of methoxy groups -OCH3 is 1. The van der Waals surface area contributed by atoms with E-state index in [9.17, 15) is 4.79 Å². The van der Waals surface area contributed by atoms with Crippen molar-refractivity contribution in [3.8, 4) is 11.4 Å². The second kappa shape index (κ2) is 6.79. The van der Waals surface area contributed by atoms with E-state index in [4.69, 9.17) is 9.47 Å². The van der Waals surface area contributed by atoms with E-state index in [1.165, 1.54) is 7.11 Å². The second-order valence-electron chi connectivity index (χ2n) is 4.89. The van der Waals surface area contributed by atoms with Gasteiger partial charge >= 0.3 is 5.97 Å². The van der Waals surface area contributed by atoms with Crippen molar-refractivity contribution < 1.29 is 14.3 Å². The quantitative estimate of drug-likeness (QED) is 0.679. The van der Waals surface area contributed by atoms with Crippen LogP contribution in [0.15, 0.2) is 67.0 Å². The molecular formula is C18H16N2O3. The fourth-order valence-electron chi connectivity index (χ4n) is 2.21. The van der Waals surface area contributed by atoms with Gasteiger partial charge < -0.3 is 9.47 Å². The number of carbonyl (C=O) groups excluding carboxylic acids is 1. The Bertz CT molecular complexity index is 780. The fraction of sp³-hybridized carbons (Fsp3) is 0.111. The Balaban J connectivity index is 1.65. The second-order valence-corrected chi connectivity index (χ2v) is 4.89. The number of aromatic nitrogens is 2. The molecule has 116 valence electrons. The van der Waals surface area contributed by atoms with Crippen molar-refractivity contribution in [1.82, 2.24) is 9.78 Å². The zero-order valence-corrected chi connectivity index (χ0v) is 12.7. The first-order valence-corrected chi connectivity index (χ1v) is 7.17. The average Bonchev–Trinajstić information content (AvgIpc) is 3.14. The Labute approximate surface area is 134 Å². The number of esters is 1. The lowest BCUT2D eigenvalue weighted by molar-refractivity contribution is 0.0469. The predicted octanol–water partition coefficient (Wildman–Crippen LogP) is 3.24. The lowest BCUT2D eigenvalue weighted by Gasteiger charge is -2.09.